The lowest BCUT2D eigenvalue weighted by Crippen LogP contribution is -2.37. The number of halogens is 1. The lowest BCUT2D eigenvalue weighted by atomic mass is 10.3. The molecule has 0 unspecified atom stereocenters. The number of nitrogens with one attached hydrogen (secondary N) is 2. The molecule has 1 fully saturated rings. The van der Waals surface area contributed by atoms with Gasteiger partial charge in [-0.15, -0.1) is 30.4 Å². The zero-order valence-corrected chi connectivity index (χ0v) is 15.7. The quantitative estimate of drug-likeness (QED) is 0.225. The van der Waals surface area contributed by atoms with Gasteiger partial charge in [0.2, 0.25) is 0 Å². The average Bonchev–Trinajstić information content (AvgIpc) is 2.65. The molecule has 0 aliphatic carbocycles. The second-order valence-corrected chi connectivity index (χ2v) is 5.17. The molecule has 0 spiro atoms. The molecular weight excluding hydrogens is 377 g/mol. The van der Waals surface area contributed by atoms with E-state index in [1.807, 2.05) is 0 Å². The van der Waals surface area contributed by atoms with Gasteiger partial charge in [-0.1, -0.05) is 5.92 Å². The SMILES string of the molecule is C#CCNC(=NCCCN1CCCN(C)CC1)NCC.I. The van der Waals surface area contributed by atoms with Crippen molar-refractivity contribution >= 4 is 29.9 Å². The maximum absolute atomic E-state index is 5.25. The van der Waals surface area contributed by atoms with Crippen LogP contribution in [0.4, 0.5) is 0 Å². The van der Waals surface area contributed by atoms with Gasteiger partial charge in [0.25, 0.3) is 0 Å². The highest BCUT2D eigenvalue weighted by molar-refractivity contribution is 14.0. The van der Waals surface area contributed by atoms with Crippen molar-refractivity contribution in [3.63, 3.8) is 0 Å². The molecule has 6 heteroatoms. The Labute approximate surface area is 147 Å². The fraction of sp³-hybridized carbons (Fsp3) is 0.800. The molecule has 0 saturated carbocycles. The highest BCUT2D eigenvalue weighted by Gasteiger charge is 2.10. The van der Waals surface area contributed by atoms with E-state index in [0.717, 1.165) is 32.0 Å². The van der Waals surface area contributed by atoms with Gasteiger partial charge in [-0.3, -0.25) is 4.99 Å². The number of hydrogen-bond donors (Lipinski definition) is 2. The Kier molecular flexibility index (Phi) is 12.8. The molecule has 1 saturated heterocycles. The summed E-state index contributed by atoms with van der Waals surface area (Å²) in [6.45, 7) is 10.2. The lowest BCUT2D eigenvalue weighted by molar-refractivity contribution is 0.275. The van der Waals surface area contributed by atoms with Crippen LogP contribution < -0.4 is 10.6 Å². The van der Waals surface area contributed by atoms with Crippen molar-refractivity contribution in [3.8, 4) is 12.3 Å². The molecule has 0 radical (unpaired) electrons. The summed E-state index contributed by atoms with van der Waals surface area (Å²) in [6.07, 6.45) is 7.61. The predicted octanol–water partition coefficient (Wildman–Crippen LogP) is 0.820. The van der Waals surface area contributed by atoms with Crippen LogP contribution in [0.1, 0.15) is 19.8 Å². The van der Waals surface area contributed by atoms with E-state index in [1.54, 1.807) is 0 Å². The normalized spacial score (nSPS) is 17.5. The first-order valence-electron chi connectivity index (χ1n) is 7.62. The van der Waals surface area contributed by atoms with Gasteiger partial charge in [-0.25, -0.2) is 0 Å². The van der Waals surface area contributed by atoms with E-state index in [9.17, 15) is 0 Å². The van der Waals surface area contributed by atoms with Crippen LogP contribution in [-0.4, -0.2) is 75.2 Å². The van der Waals surface area contributed by atoms with E-state index in [1.165, 1.54) is 32.6 Å². The van der Waals surface area contributed by atoms with Gasteiger partial charge >= 0.3 is 0 Å². The molecule has 0 bridgehead atoms. The Hall–Kier alpha value is -0.520. The third-order valence-electron chi connectivity index (χ3n) is 3.42. The molecule has 2 N–H and O–H groups in total. The molecule has 1 aliphatic rings. The Morgan fingerprint density at radius 2 is 2.05 bits per heavy atom. The summed E-state index contributed by atoms with van der Waals surface area (Å²) < 4.78 is 0. The summed E-state index contributed by atoms with van der Waals surface area (Å²) in [5, 5.41) is 6.30. The Bertz CT molecular complexity index is 327. The van der Waals surface area contributed by atoms with E-state index in [2.05, 4.69) is 45.3 Å². The van der Waals surface area contributed by atoms with Gasteiger partial charge in [0.1, 0.15) is 0 Å². The summed E-state index contributed by atoms with van der Waals surface area (Å²) >= 11 is 0. The van der Waals surface area contributed by atoms with Crippen LogP contribution in [0.5, 0.6) is 0 Å². The van der Waals surface area contributed by atoms with Crippen molar-refractivity contribution < 1.29 is 0 Å². The molecule has 0 atom stereocenters. The molecule has 21 heavy (non-hydrogen) atoms. The van der Waals surface area contributed by atoms with Crippen LogP contribution in [0.15, 0.2) is 4.99 Å². The number of rotatable bonds is 6. The van der Waals surface area contributed by atoms with Crippen LogP contribution >= 0.6 is 24.0 Å². The van der Waals surface area contributed by atoms with Crippen LogP contribution in [0.25, 0.3) is 0 Å². The minimum atomic E-state index is 0. The molecule has 1 rings (SSSR count). The minimum Gasteiger partial charge on any atom is -0.357 e. The van der Waals surface area contributed by atoms with Crippen molar-refractivity contribution in [3.05, 3.63) is 0 Å². The van der Waals surface area contributed by atoms with Gasteiger partial charge in [0.05, 0.1) is 6.54 Å². The third kappa shape index (κ3) is 9.93. The van der Waals surface area contributed by atoms with E-state index in [4.69, 9.17) is 6.42 Å². The first-order valence-corrected chi connectivity index (χ1v) is 7.62. The molecule has 122 valence electrons. The van der Waals surface area contributed by atoms with Crippen molar-refractivity contribution in [2.24, 2.45) is 4.99 Å². The van der Waals surface area contributed by atoms with Crippen LogP contribution in [0, 0.1) is 12.3 Å². The average molecular weight is 407 g/mol. The Morgan fingerprint density at radius 1 is 1.24 bits per heavy atom. The molecule has 0 amide bonds. The summed E-state index contributed by atoms with van der Waals surface area (Å²) in [4.78, 5) is 9.49. The highest BCUT2D eigenvalue weighted by Crippen LogP contribution is 2.01. The molecule has 0 aromatic carbocycles. The van der Waals surface area contributed by atoms with E-state index < -0.39 is 0 Å². The number of likely N-dealkylation sites (N-methyl/N-ethyl adjacent to an activating group) is 1. The minimum absolute atomic E-state index is 0. The largest absolute Gasteiger partial charge is 0.357 e. The smallest absolute Gasteiger partial charge is 0.192 e. The first kappa shape index (κ1) is 20.5. The van der Waals surface area contributed by atoms with Gasteiger partial charge < -0.3 is 20.4 Å². The number of terminal acetylenes is 1. The van der Waals surface area contributed by atoms with E-state index >= 15 is 0 Å². The third-order valence-corrected chi connectivity index (χ3v) is 3.42. The molecule has 0 aromatic heterocycles. The van der Waals surface area contributed by atoms with Crippen molar-refractivity contribution in [2.45, 2.75) is 19.8 Å². The summed E-state index contributed by atoms with van der Waals surface area (Å²) in [6, 6.07) is 0. The van der Waals surface area contributed by atoms with Gasteiger partial charge in [-0.2, -0.15) is 0 Å². The van der Waals surface area contributed by atoms with Gasteiger partial charge in [0, 0.05) is 26.2 Å². The monoisotopic (exact) mass is 407 g/mol. The predicted molar refractivity (Wildman–Crippen MR) is 101 cm³/mol. The van der Waals surface area contributed by atoms with Crippen LogP contribution in [0.2, 0.25) is 0 Å². The number of nitrogens with zero attached hydrogens (tertiary/aromatic N) is 3. The molecular formula is C15H30IN5. The van der Waals surface area contributed by atoms with E-state index in [-0.39, 0.29) is 24.0 Å². The molecule has 1 heterocycles. The topological polar surface area (TPSA) is 42.9 Å². The summed E-state index contributed by atoms with van der Waals surface area (Å²) in [5.41, 5.74) is 0. The van der Waals surface area contributed by atoms with Crippen LogP contribution in [-0.2, 0) is 0 Å². The van der Waals surface area contributed by atoms with Gasteiger partial charge in [0.15, 0.2) is 5.96 Å². The fourth-order valence-corrected chi connectivity index (χ4v) is 2.29. The van der Waals surface area contributed by atoms with Gasteiger partial charge in [-0.05, 0) is 46.4 Å². The molecule has 0 aromatic rings. The summed E-state index contributed by atoms with van der Waals surface area (Å²) in [7, 11) is 2.20. The molecule has 1 aliphatic heterocycles. The van der Waals surface area contributed by atoms with Crippen molar-refractivity contribution in [1.82, 2.24) is 20.4 Å². The number of hydrogen-bond acceptors (Lipinski definition) is 3. The first-order chi connectivity index (χ1) is 9.76. The van der Waals surface area contributed by atoms with Crippen molar-refractivity contribution in [2.75, 3.05) is 59.4 Å². The fourth-order valence-electron chi connectivity index (χ4n) is 2.29. The highest BCUT2D eigenvalue weighted by atomic mass is 127. The Balaban J connectivity index is 0.00000400. The Morgan fingerprint density at radius 3 is 2.76 bits per heavy atom. The summed E-state index contributed by atoms with van der Waals surface area (Å²) in [5.74, 6) is 3.39. The van der Waals surface area contributed by atoms with Crippen LogP contribution in [0.3, 0.4) is 0 Å². The van der Waals surface area contributed by atoms with E-state index in [0.29, 0.717) is 6.54 Å². The maximum atomic E-state index is 5.25. The maximum Gasteiger partial charge on any atom is 0.192 e. The second-order valence-electron chi connectivity index (χ2n) is 5.17. The lowest BCUT2D eigenvalue weighted by Gasteiger charge is -2.19. The standard InChI is InChI=1S/C15H29N5.HI/c1-4-8-17-15(16-5-2)18-9-6-11-20-12-7-10-19(3)13-14-20;/h1H,5-14H2,2-3H3,(H2,16,17,18);1H. The molecule has 5 nitrogen and oxygen atoms in total. The zero-order chi connectivity index (χ0) is 14.6. The number of aliphatic imine (C=N–C) groups is 1. The van der Waals surface area contributed by atoms with Crippen molar-refractivity contribution in [1.29, 1.82) is 0 Å². The zero-order valence-electron chi connectivity index (χ0n) is 13.4. The second kappa shape index (κ2) is 13.2. The number of guanidine groups is 1.